The Labute approximate surface area is 91.3 Å². The molecule has 0 aromatic heterocycles. The molecule has 1 nitrogen and oxygen atoms in total. The molecular formula is C9H10BrClFN. The molecule has 2 rings (SSSR count). The van der Waals surface area contributed by atoms with Gasteiger partial charge >= 0.3 is 0 Å². The maximum atomic E-state index is 12.7. The van der Waals surface area contributed by atoms with E-state index in [1.165, 1.54) is 12.1 Å². The second-order valence-electron chi connectivity index (χ2n) is 2.96. The molecule has 1 aromatic rings. The molecule has 0 spiro atoms. The van der Waals surface area contributed by atoms with E-state index >= 15 is 0 Å². The van der Waals surface area contributed by atoms with E-state index in [2.05, 4.69) is 21.2 Å². The van der Waals surface area contributed by atoms with Crippen molar-refractivity contribution in [1.82, 2.24) is 5.32 Å². The van der Waals surface area contributed by atoms with Crippen molar-refractivity contribution >= 4 is 28.3 Å². The molecule has 1 atom stereocenters. The van der Waals surface area contributed by atoms with Crippen molar-refractivity contribution in [2.24, 2.45) is 0 Å². The summed E-state index contributed by atoms with van der Waals surface area (Å²) >= 11 is 3.34. The van der Waals surface area contributed by atoms with Gasteiger partial charge in [0, 0.05) is 10.5 Å². The van der Waals surface area contributed by atoms with E-state index in [9.17, 15) is 4.39 Å². The fourth-order valence-electron chi connectivity index (χ4n) is 1.34. The number of hydrogen-bond acceptors (Lipinski definition) is 1. The summed E-state index contributed by atoms with van der Waals surface area (Å²) in [5.41, 5.74) is 1.16. The van der Waals surface area contributed by atoms with Crippen LogP contribution in [0.1, 0.15) is 18.0 Å². The lowest BCUT2D eigenvalue weighted by Crippen LogP contribution is -2.35. The zero-order chi connectivity index (χ0) is 8.55. The molecule has 1 fully saturated rings. The third-order valence-corrected chi connectivity index (χ3v) is 2.85. The van der Waals surface area contributed by atoms with Crippen LogP contribution in [0.25, 0.3) is 0 Å². The first-order valence-electron chi connectivity index (χ1n) is 3.96. The van der Waals surface area contributed by atoms with Crippen LogP contribution in [-0.2, 0) is 0 Å². The molecule has 0 radical (unpaired) electrons. The van der Waals surface area contributed by atoms with E-state index in [0.717, 1.165) is 23.0 Å². The van der Waals surface area contributed by atoms with E-state index < -0.39 is 0 Å². The Bertz CT molecular complexity index is 302. The van der Waals surface area contributed by atoms with Crippen molar-refractivity contribution in [1.29, 1.82) is 0 Å². The van der Waals surface area contributed by atoms with E-state index in [0.29, 0.717) is 6.04 Å². The van der Waals surface area contributed by atoms with Crippen LogP contribution in [0.5, 0.6) is 0 Å². The molecule has 0 unspecified atom stereocenters. The van der Waals surface area contributed by atoms with Gasteiger partial charge in [0.25, 0.3) is 0 Å². The fraction of sp³-hybridized carbons (Fsp3) is 0.333. The zero-order valence-electron chi connectivity index (χ0n) is 6.89. The lowest BCUT2D eigenvalue weighted by Gasteiger charge is -2.28. The van der Waals surface area contributed by atoms with Gasteiger partial charge in [-0.1, -0.05) is 22.0 Å². The van der Waals surface area contributed by atoms with Crippen molar-refractivity contribution in [3.63, 3.8) is 0 Å². The molecule has 13 heavy (non-hydrogen) atoms. The molecule has 0 amide bonds. The summed E-state index contributed by atoms with van der Waals surface area (Å²) in [6, 6.07) is 5.26. The third kappa shape index (κ3) is 2.22. The molecule has 4 heteroatoms. The lowest BCUT2D eigenvalue weighted by molar-refractivity contribution is 0.381. The standard InChI is InChI=1S/C9H9BrFN.ClH/c10-8-5-6(11)1-2-7(8)9-3-4-12-9;/h1-2,5,9,12H,3-4H2;1H/t9-;/m0./s1. The van der Waals surface area contributed by atoms with Gasteiger partial charge in [-0.05, 0) is 30.7 Å². The van der Waals surface area contributed by atoms with Gasteiger partial charge in [-0.3, -0.25) is 0 Å². The summed E-state index contributed by atoms with van der Waals surface area (Å²) in [5.74, 6) is -0.190. The van der Waals surface area contributed by atoms with Crippen LogP contribution in [-0.4, -0.2) is 6.54 Å². The summed E-state index contributed by atoms with van der Waals surface area (Å²) in [5, 5.41) is 3.27. The largest absolute Gasteiger partial charge is 0.310 e. The predicted molar refractivity (Wildman–Crippen MR) is 56.7 cm³/mol. The molecule has 1 heterocycles. The maximum absolute atomic E-state index is 12.7. The minimum absolute atomic E-state index is 0. The summed E-state index contributed by atoms with van der Waals surface area (Å²) < 4.78 is 13.5. The molecule has 0 saturated carbocycles. The van der Waals surface area contributed by atoms with Gasteiger partial charge in [-0.2, -0.15) is 0 Å². The molecular weight excluding hydrogens is 256 g/mol. The Morgan fingerprint density at radius 1 is 1.46 bits per heavy atom. The molecule has 72 valence electrons. The average Bonchev–Trinajstić information content (AvgIpc) is 1.91. The highest BCUT2D eigenvalue weighted by atomic mass is 79.9. The Hall–Kier alpha value is -0.120. The van der Waals surface area contributed by atoms with Gasteiger partial charge in [0.2, 0.25) is 0 Å². The summed E-state index contributed by atoms with van der Waals surface area (Å²) in [6.07, 6.45) is 1.14. The topological polar surface area (TPSA) is 12.0 Å². The van der Waals surface area contributed by atoms with Gasteiger partial charge in [0.05, 0.1) is 0 Å². The first-order valence-corrected chi connectivity index (χ1v) is 4.75. The molecule has 0 aliphatic carbocycles. The zero-order valence-corrected chi connectivity index (χ0v) is 9.29. The van der Waals surface area contributed by atoms with Crippen LogP contribution >= 0.6 is 28.3 Å². The predicted octanol–water partition coefficient (Wildman–Crippen LogP) is 3.04. The fourth-order valence-corrected chi connectivity index (χ4v) is 1.97. The number of nitrogens with one attached hydrogen (secondary N) is 1. The van der Waals surface area contributed by atoms with Crippen molar-refractivity contribution < 1.29 is 4.39 Å². The van der Waals surface area contributed by atoms with Crippen LogP contribution in [0.3, 0.4) is 0 Å². The smallest absolute Gasteiger partial charge is 0.124 e. The number of benzene rings is 1. The highest BCUT2D eigenvalue weighted by Crippen LogP contribution is 2.29. The Morgan fingerprint density at radius 3 is 2.62 bits per heavy atom. The number of hydrogen-bond donors (Lipinski definition) is 1. The minimum Gasteiger partial charge on any atom is -0.310 e. The van der Waals surface area contributed by atoms with Gasteiger partial charge in [-0.15, -0.1) is 12.4 Å². The van der Waals surface area contributed by atoms with Crippen LogP contribution < -0.4 is 5.32 Å². The molecule has 1 N–H and O–H groups in total. The maximum Gasteiger partial charge on any atom is 0.124 e. The van der Waals surface area contributed by atoms with Crippen molar-refractivity contribution in [2.45, 2.75) is 12.5 Å². The van der Waals surface area contributed by atoms with E-state index in [-0.39, 0.29) is 18.2 Å². The third-order valence-electron chi connectivity index (χ3n) is 2.16. The molecule has 1 saturated heterocycles. The lowest BCUT2D eigenvalue weighted by atomic mass is 9.98. The molecule has 1 aromatic carbocycles. The Kier molecular flexibility index (Phi) is 3.71. The van der Waals surface area contributed by atoms with Crippen LogP contribution in [0.4, 0.5) is 4.39 Å². The second kappa shape index (κ2) is 4.40. The van der Waals surface area contributed by atoms with Crippen LogP contribution in [0, 0.1) is 5.82 Å². The first-order chi connectivity index (χ1) is 5.77. The number of rotatable bonds is 1. The normalized spacial score (nSPS) is 20.3. The van der Waals surface area contributed by atoms with Gasteiger partial charge < -0.3 is 5.32 Å². The summed E-state index contributed by atoms with van der Waals surface area (Å²) in [4.78, 5) is 0. The average molecular weight is 267 g/mol. The molecule has 1 aliphatic heterocycles. The SMILES string of the molecule is Cl.Fc1ccc([C@@H]2CCN2)c(Br)c1. The highest BCUT2D eigenvalue weighted by Gasteiger charge is 2.20. The van der Waals surface area contributed by atoms with Crippen LogP contribution in [0.2, 0.25) is 0 Å². The first kappa shape index (κ1) is 11.0. The molecule has 0 bridgehead atoms. The number of halogens is 3. The van der Waals surface area contributed by atoms with Gasteiger partial charge in [-0.25, -0.2) is 4.39 Å². The van der Waals surface area contributed by atoms with Crippen LogP contribution in [0.15, 0.2) is 22.7 Å². The van der Waals surface area contributed by atoms with E-state index in [1.54, 1.807) is 0 Å². The Morgan fingerprint density at radius 2 is 2.15 bits per heavy atom. The van der Waals surface area contributed by atoms with Gasteiger partial charge in [0.1, 0.15) is 5.82 Å². The highest BCUT2D eigenvalue weighted by molar-refractivity contribution is 9.10. The summed E-state index contributed by atoms with van der Waals surface area (Å²) in [7, 11) is 0. The molecule has 1 aliphatic rings. The van der Waals surface area contributed by atoms with Crippen molar-refractivity contribution in [3.8, 4) is 0 Å². The monoisotopic (exact) mass is 265 g/mol. The van der Waals surface area contributed by atoms with Gasteiger partial charge in [0.15, 0.2) is 0 Å². The Balaban J connectivity index is 0.000000845. The van der Waals surface area contributed by atoms with E-state index in [4.69, 9.17) is 0 Å². The summed E-state index contributed by atoms with van der Waals surface area (Å²) in [6.45, 7) is 1.06. The van der Waals surface area contributed by atoms with Crippen molar-refractivity contribution in [2.75, 3.05) is 6.54 Å². The van der Waals surface area contributed by atoms with E-state index in [1.807, 2.05) is 6.07 Å². The van der Waals surface area contributed by atoms with Crippen molar-refractivity contribution in [3.05, 3.63) is 34.1 Å². The minimum atomic E-state index is -0.190. The second-order valence-corrected chi connectivity index (χ2v) is 3.82. The quantitative estimate of drug-likeness (QED) is 0.824.